The molecule has 2 N–H and O–H groups in total. The lowest BCUT2D eigenvalue weighted by molar-refractivity contribution is -0.132. The Morgan fingerprint density at radius 3 is 2.96 bits per heavy atom. The number of ether oxygens (including phenoxy) is 1. The van der Waals surface area contributed by atoms with Crippen LogP contribution >= 0.6 is 24.0 Å². The van der Waals surface area contributed by atoms with Gasteiger partial charge in [-0.1, -0.05) is 35.9 Å². The number of amidine groups is 1. The number of hydrogen-bond acceptors (Lipinski definition) is 5. The van der Waals surface area contributed by atoms with E-state index in [4.69, 9.17) is 16.3 Å². The highest BCUT2D eigenvalue weighted by atomic mass is 35.5. The van der Waals surface area contributed by atoms with Crippen molar-refractivity contribution in [2.24, 2.45) is 4.99 Å². The maximum Gasteiger partial charge on any atom is 0.320 e. The molecule has 146 valence electrons. The van der Waals surface area contributed by atoms with Crippen molar-refractivity contribution in [2.75, 3.05) is 13.2 Å². The lowest BCUT2D eigenvalue weighted by atomic mass is 9.91. The fraction of sp³-hybridized carbons (Fsp3) is 0.200. The van der Waals surface area contributed by atoms with Crippen molar-refractivity contribution in [1.29, 1.82) is 0 Å². The number of hydroxylamine groups is 1. The summed E-state index contributed by atoms with van der Waals surface area (Å²) in [6.45, 7) is 3.01. The van der Waals surface area contributed by atoms with Gasteiger partial charge in [-0.15, -0.1) is 12.4 Å². The normalized spacial score (nSPS) is 18.9. The fourth-order valence-electron chi connectivity index (χ4n) is 3.28. The highest BCUT2D eigenvalue weighted by Crippen LogP contribution is 2.32. The molecule has 0 fully saturated rings. The molecule has 0 aliphatic carbocycles. The van der Waals surface area contributed by atoms with Crippen molar-refractivity contribution in [3.63, 3.8) is 0 Å². The van der Waals surface area contributed by atoms with Gasteiger partial charge in [-0.2, -0.15) is 0 Å². The number of rotatable bonds is 4. The van der Waals surface area contributed by atoms with E-state index in [1.165, 1.54) is 0 Å². The zero-order valence-electron chi connectivity index (χ0n) is 15.1. The Bertz CT molecular complexity index is 1030. The molecule has 1 aromatic heterocycles. The molecule has 3 aromatic rings. The SMILES string of the molecule is CC1(c2cccc(-c3cc4ccc(Cl)cc4[nH]3)c2)COCC(NOC=O)=N1.Cl. The van der Waals surface area contributed by atoms with Crippen molar-refractivity contribution < 1.29 is 14.4 Å². The molecule has 28 heavy (non-hydrogen) atoms. The number of halogens is 2. The zero-order valence-corrected chi connectivity index (χ0v) is 16.6. The Hall–Kier alpha value is -2.54. The van der Waals surface area contributed by atoms with E-state index in [0.717, 1.165) is 27.7 Å². The molecule has 2 heterocycles. The van der Waals surface area contributed by atoms with Crippen molar-refractivity contribution in [3.05, 3.63) is 59.1 Å². The van der Waals surface area contributed by atoms with Crippen LogP contribution in [0, 0.1) is 0 Å². The molecule has 0 saturated carbocycles. The number of H-pyrrole nitrogens is 1. The molecule has 0 saturated heterocycles. The van der Waals surface area contributed by atoms with Crippen LogP contribution in [0.3, 0.4) is 0 Å². The molecular weight excluding hydrogens is 401 g/mol. The van der Waals surface area contributed by atoms with E-state index >= 15 is 0 Å². The van der Waals surface area contributed by atoms with E-state index in [1.54, 1.807) is 0 Å². The van der Waals surface area contributed by atoms with Crippen LogP contribution in [0.5, 0.6) is 0 Å². The van der Waals surface area contributed by atoms with Crippen LogP contribution in [0.25, 0.3) is 22.2 Å². The van der Waals surface area contributed by atoms with Gasteiger partial charge in [-0.25, -0.2) is 5.48 Å². The van der Waals surface area contributed by atoms with Gasteiger partial charge in [0, 0.05) is 21.6 Å². The van der Waals surface area contributed by atoms with Gasteiger partial charge in [0.2, 0.25) is 0 Å². The van der Waals surface area contributed by atoms with E-state index in [2.05, 4.69) is 32.4 Å². The van der Waals surface area contributed by atoms with Gasteiger partial charge < -0.3 is 14.6 Å². The van der Waals surface area contributed by atoms with Gasteiger partial charge in [-0.3, -0.25) is 9.79 Å². The third kappa shape index (κ3) is 3.99. The van der Waals surface area contributed by atoms with Gasteiger partial charge >= 0.3 is 6.47 Å². The Balaban J connectivity index is 0.00000225. The van der Waals surface area contributed by atoms with E-state index in [-0.39, 0.29) is 19.0 Å². The monoisotopic (exact) mass is 419 g/mol. The minimum Gasteiger partial charge on any atom is -0.371 e. The lowest BCUT2D eigenvalue weighted by Crippen LogP contribution is -2.40. The van der Waals surface area contributed by atoms with Crippen molar-refractivity contribution in [2.45, 2.75) is 12.5 Å². The second kappa shape index (κ2) is 8.22. The average molecular weight is 420 g/mol. The fourth-order valence-corrected chi connectivity index (χ4v) is 3.45. The highest BCUT2D eigenvalue weighted by molar-refractivity contribution is 6.31. The van der Waals surface area contributed by atoms with Gasteiger partial charge in [0.15, 0.2) is 5.84 Å². The first-order valence-electron chi connectivity index (χ1n) is 8.48. The predicted octanol–water partition coefficient (Wildman–Crippen LogP) is 4.23. The smallest absolute Gasteiger partial charge is 0.320 e. The standard InChI is InChI=1S/C20H18ClN3O3.ClH/c1-20(11-26-10-19(23-20)24-27-12-25)15-4-2-3-13(7-15)17-8-14-5-6-16(21)9-18(14)22-17;/h2-9,12,22H,10-11H2,1H3,(H,23,24);1H. The van der Waals surface area contributed by atoms with Crippen LogP contribution in [-0.4, -0.2) is 30.5 Å². The maximum absolute atomic E-state index is 10.4. The van der Waals surface area contributed by atoms with Gasteiger partial charge in [0.25, 0.3) is 0 Å². The Labute approximate surface area is 173 Å². The average Bonchev–Trinajstić information content (AvgIpc) is 3.10. The number of nitrogens with zero attached hydrogens (tertiary/aromatic N) is 1. The van der Waals surface area contributed by atoms with Crippen LogP contribution in [0.15, 0.2) is 53.5 Å². The summed E-state index contributed by atoms with van der Waals surface area (Å²) < 4.78 is 5.64. The molecule has 1 aliphatic rings. The summed E-state index contributed by atoms with van der Waals surface area (Å²) in [5.41, 5.74) is 5.95. The van der Waals surface area contributed by atoms with E-state index < -0.39 is 5.54 Å². The zero-order chi connectivity index (χ0) is 18.9. The van der Waals surface area contributed by atoms with Gasteiger partial charge in [0.05, 0.1) is 6.61 Å². The second-order valence-corrected chi connectivity index (χ2v) is 7.07. The Morgan fingerprint density at radius 2 is 2.14 bits per heavy atom. The van der Waals surface area contributed by atoms with Crippen LogP contribution in [0.2, 0.25) is 5.02 Å². The van der Waals surface area contributed by atoms with Crippen molar-refractivity contribution >= 4 is 47.2 Å². The summed E-state index contributed by atoms with van der Waals surface area (Å²) >= 11 is 6.08. The number of carbonyl (C=O) groups excluding carboxylic acids is 1. The summed E-state index contributed by atoms with van der Waals surface area (Å²) in [6, 6.07) is 16.0. The van der Waals surface area contributed by atoms with Crippen molar-refractivity contribution in [1.82, 2.24) is 10.5 Å². The van der Waals surface area contributed by atoms with Crippen LogP contribution in [0.4, 0.5) is 0 Å². The molecule has 1 atom stereocenters. The van der Waals surface area contributed by atoms with Crippen molar-refractivity contribution in [3.8, 4) is 11.3 Å². The van der Waals surface area contributed by atoms with E-state index in [1.807, 2.05) is 43.3 Å². The van der Waals surface area contributed by atoms with Gasteiger partial charge in [-0.05, 0) is 42.3 Å². The minimum atomic E-state index is -0.585. The third-order valence-electron chi connectivity index (χ3n) is 4.61. The molecule has 0 bridgehead atoms. The lowest BCUT2D eigenvalue weighted by Gasteiger charge is -2.31. The molecule has 4 rings (SSSR count). The first-order valence-corrected chi connectivity index (χ1v) is 8.86. The largest absolute Gasteiger partial charge is 0.371 e. The molecule has 8 heteroatoms. The van der Waals surface area contributed by atoms with Crippen LogP contribution in [0.1, 0.15) is 12.5 Å². The number of carbonyl (C=O) groups is 1. The first-order chi connectivity index (χ1) is 13.1. The first kappa shape index (κ1) is 20.2. The number of hydrogen-bond donors (Lipinski definition) is 2. The minimum absolute atomic E-state index is 0. The number of nitrogens with one attached hydrogen (secondary N) is 2. The summed E-state index contributed by atoms with van der Waals surface area (Å²) in [5, 5.41) is 1.80. The summed E-state index contributed by atoms with van der Waals surface area (Å²) in [4.78, 5) is 23.1. The van der Waals surface area contributed by atoms with Gasteiger partial charge in [0.1, 0.15) is 12.1 Å². The summed E-state index contributed by atoms with van der Waals surface area (Å²) in [7, 11) is 0. The number of aromatic amines is 1. The topological polar surface area (TPSA) is 75.7 Å². The Kier molecular flexibility index (Phi) is 5.93. The molecule has 0 amide bonds. The number of aromatic nitrogens is 1. The Morgan fingerprint density at radius 1 is 1.29 bits per heavy atom. The second-order valence-electron chi connectivity index (χ2n) is 6.64. The molecule has 1 aliphatic heterocycles. The predicted molar refractivity (Wildman–Crippen MR) is 112 cm³/mol. The maximum atomic E-state index is 10.4. The summed E-state index contributed by atoms with van der Waals surface area (Å²) in [5.74, 6) is 0.474. The third-order valence-corrected chi connectivity index (χ3v) is 4.84. The molecule has 1 unspecified atom stereocenters. The number of benzene rings is 2. The molecular formula is C20H19Cl2N3O3. The molecule has 2 aromatic carbocycles. The molecule has 6 nitrogen and oxygen atoms in total. The number of fused-ring (bicyclic) bond motifs is 1. The number of aliphatic imine (C=N–C) groups is 1. The molecule has 0 radical (unpaired) electrons. The summed E-state index contributed by atoms with van der Waals surface area (Å²) in [6.07, 6.45) is 0. The van der Waals surface area contributed by atoms with Crippen LogP contribution < -0.4 is 5.48 Å². The highest BCUT2D eigenvalue weighted by Gasteiger charge is 2.31. The van der Waals surface area contributed by atoms with E-state index in [9.17, 15) is 4.79 Å². The van der Waals surface area contributed by atoms with E-state index in [0.29, 0.717) is 23.9 Å². The quantitative estimate of drug-likeness (QED) is 0.489. The molecule has 0 spiro atoms. The van der Waals surface area contributed by atoms with Crippen LogP contribution in [-0.2, 0) is 19.9 Å².